The molecule has 0 heterocycles. The summed E-state index contributed by atoms with van der Waals surface area (Å²) in [6, 6.07) is 0. The standard InChI is InChI=1S/C2H4O2.Zn/c1-2(3)4;/h1H3,(H,3,4);/q;+2/p+1. The quantitative estimate of drug-likeness (QED) is 0.471. The Hall–Kier alpha value is 0.0934. The molecule has 0 bridgehead atoms. The van der Waals surface area contributed by atoms with Crippen LogP contribution in [0.15, 0.2) is 0 Å². The molecular weight excluding hydrogens is 121 g/mol. The van der Waals surface area contributed by atoms with Crippen molar-refractivity contribution in [3.8, 4) is 0 Å². The van der Waals surface area contributed by atoms with E-state index < -0.39 is 5.97 Å². The van der Waals surface area contributed by atoms with E-state index in [2.05, 4.69) is 0 Å². The van der Waals surface area contributed by atoms with Crippen LogP contribution in [0.2, 0.25) is 0 Å². The van der Waals surface area contributed by atoms with E-state index in [-0.39, 0.29) is 20.9 Å². The van der Waals surface area contributed by atoms with Gasteiger partial charge in [-0.1, -0.05) is 0 Å². The van der Waals surface area contributed by atoms with Crippen molar-refractivity contribution in [1.82, 2.24) is 0 Å². The number of hydrogen-bond acceptors (Lipinski definition) is 1. The molecule has 0 aromatic rings. The van der Waals surface area contributed by atoms with Crippen molar-refractivity contribution in [1.29, 1.82) is 0 Å². The van der Waals surface area contributed by atoms with Gasteiger partial charge in [0.2, 0.25) is 0 Å². The fourth-order valence-electron chi connectivity index (χ4n) is 0. The number of carboxylic acids is 1. The molecule has 0 aromatic carbocycles. The molecule has 0 spiro atoms. The molecule has 0 atom stereocenters. The van der Waals surface area contributed by atoms with E-state index in [1.54, 1.807) is 0 Å². The Bertz CT molecular complexity index is 34.5. The second-order valence-corrected chi connectivity index (χ2v) is 0.519. The molecule has 3 heteroatoms. The average Bonchev–Trinajstić information content (AvgIpc) is 0.811. The van der Waals surface area contributed by atoms with Gasteiger partial charge in [-0.2, -0.15) is 0 Å². The molecule has 5 heavy (non-hydrogen) atoms. The Morgan fingerprint density at radius 3 is 2.00 bits per heavy atom. The first-order valence-corrected chi connectivity index (χ1v) is 0.928. The Morgan fingerprint density at radius 2 is 2.00 bits per heavy atom. The van der Waals surface area contributed by atoms with Crippen LogP contribution in [0.5, 0.6) is 0 Å². The smallest absolute Gasteiger partial charge is 0.481 e. The van der Waals surface area contributed by atoms with Crippen molar-refractivity contribution in [2.45, 2.75) is 6.92 Å². The van der Waals surface area contributed by atoms with Crippen LogP contribution in [0.3, 0.4) is 0 Å². The number of hydrogen-bond donors (Lipinski definition) is 1. The van der Waals surface area contributed by atoms with Crippen molar-refractivity contribution < 1.29 is 30.8 Å². The monoisotopic (exact) mass is 125 g/mol. The summed E-state index contributed by atoms with van der Waals surface area (Å²) in [5, 5.41) is 7.42. The molecule has 1 N–H and O–H groups in total. The summed E-state index contributed by atoms with van der Waals surface area (Å²) in [7, 11) is 0. The minimum atomic E-state index is -0.833. The first-order valence-electron chi connectivity index (χ1n) is 0.928. The SMILES string of the molecule is CC(=O)O.[H+].[Zn+2]. The molecule has 0 rings (SSSR count). The van der Waals surface area contributed by atoms with Crippen molar-refractivity contribution in [2.75, 3.05) is 0 Å². The van der Waals surface area contributed by atoms with E-state index in [0.29, 0.717) is 0 Å². The van der Waals surface area contributed by atoms with Crippen LogP contribution in [0.1, 0.15) is 8.35 Å². The minimum Gasteiger partial charge on any atom is -0.481 e. The van der Waals surface area contributed by atoms with Crippen molar-refractivity contribution >= 4 is 5.97 Å². The molecule has 0 aliphatic carbocycles. The van der Waals surface area contributed by atoms with Gasteiger partial charge in [0.25, 0.3) is 5.97 Å². The largest absolute Gasteiger partial charge is 2.00 e. The third-order valence-electron chi connectivity index (χ3n) is 0. The Kier molecular flexibility index (Phi) is 7.30. The maximum Gasteiger partial charge on any atom is 2.00 e. The zero-order valence-corrected chi connectivity index (χ0v) is 6.03. The van der Waals surface area contributed by atoms with E-state index in [4.69, 9.17) is 9.90 Å². The fraction of sp³-hybridized carbons (Fsp3) is 0.500. The molecule has 0 aliphatic heterocycles. The van der Waals surface area contributed by atoms with Gasteiger partial charge >= 0.3 is 20.9 Å². The van der Waals surface area contributed by atoms with Crippen LogP contribution < -0.4 is 0 Å². The van der Waals surface area contributed by atoms with Crippen LogP contribution in [-0.2, 0) is 24.3 Å². The summed E-state index contributed by atoms with van der Waals surface area (Å²) in [5.74, 6) is -0.833. The first kappa shape index (κ1) is 8.92. The second kappa shape index (κ2) is 4.09. The number of carbonyl (C=O) groups is 1. The third kappa shape index (κ3) is 2060. The first-order chi connectivity index (χ1) is 1.73. The average molecular weight is 126 g/mol. The molecule has 2 nitrogen and oxygen atoms in total. The normalized spacial score (nSPS) is 5.00. The number of carboxylic acid groups (broad SMARTS) is 1. The van der Waals surface area contributed by atoms with Crippen molar-refractivity contribution in [3.05, 3.63) is 0 Å². The van der Waals surface area contributed by atoms with Gasteiger partial charge in [0.1, 0.15) is 0 Å². The molecule has 24 valence electrons. The van der Waals surface area contributed by atoms with Crippen molar-refractivity contribution in [3.63, 3.8) is 0 Å². The summed E-state index contributed by atoms with van der Waals surface area (Å²) >= 11 is 0. The minimum absolute atomic E-state index is 0. The van der Waals surface area contributed by atoms with Gasteiger partial charge in [-0.15, -0.1) is 0 Å². The van der Waals surface area contributed by atoms with E-state index in [1.165, 1.54) is 0 Å². The van der Waals surface area contributed by atoms with Gasteiger partial charge < -0.3 is 5.11 Å². The van der Waals surface area contributed by atoms with E-state index in [9.17, 15) is 0 Å². The Balaban J connectivity index is -0.0000000450. The Labute approximate surface area is 44.4 Å². The predicted molar refractivity (Wildman–Crippen MR) is 14.4 cm³/mol. The van der Waals surface area contributed by atoms with E-state index in [0.717, 1.165) is 6.92 Å². The van der Waals surface area contributed by atoms with Gasteiger partial charge in [0, 0.05) is 6.92 Å². The number of aliphatic carboxylic acids is 1. The zero-order chi connectivity index (χ0) is 3.58. The molecule has 0 saturated carbocycles. The fourth-order valence-corrected chi connectivity index (χ4v) is 0. The van der Waals surface area contributed by atoms with E-state index in [1.807, 2.05) is 0 Å². The molecule has 0 amide bonds. The van der Waals surface area contributed by atoms with Gasteiger partial charge in [-0.05, 0) is 0 Å². The van der Waals surface area contributed by atoms with Crippen LogP contribution in [0.4, 0.5) is 0 Å². The zero-order valence-electron chi connectivity index (χ0n) is 4.06. The van der Waals surface area contributed by atoms with Crippen LogP contribution in [0, 0.1) is 0 Å². The summed E-state index contributed by atoms with van der Waals surface area (Å²) in [4.78, 5) is 9.00. The molecule has 0 unspecified atom stereocenters. The van der Waals surface area contributed by atoms with Gasteiger partial charge in [-0.25, -0.2) is 0 Å². The predicted octanol–water partition coefficient (Wildman–Crippen LogP) is 0.201. The summed E-state index contributed by atoms with van der Waals surface area (Å²) in [6.07, 6.45) is 0. The molecule has 0 radical (unpaired) electrons. The van der Waals surface area contributed by atoms with Gasteiger partial charge in [0.05, 0.1) is 0 Å². The number of rotatable bonds is 0. The maximum atomic E-state index is 9.00. The Morgan fingerprint density at radius 1 is 2.00 bits per heavy atom. The summed E-state index contributed by atoms with van der Waals surface area (Å²) < 4.78 is 0. The van der Waals surface area contributed by atoms with Crippen LogP contribution in [-0.4, -0.2) is 11.1 Å². The molecule has 0 aliphatic rings. The van der Waals surface area contributed by atoms with Crippen LogP contribution >= 0.6 is 0 Å². The summed E-state index contributed by atoms with van der Waals surface area (Å²) in [5.41, 5.74) is 0. The van der Waals surface area contributed by atoms with Crippen LogP contribution in [0.25, 0.3) is 0 Å². The molecular formula is C2H5O2Zn+3. The topological polar surface area (TPSA) is 37.3 Å². The molecule has 0 fully saturated rings. The van der Waals surface area contributed by atoms with Gasteiger partial charge in [0.15, 0.2) is 0 Å². The third-order valence-corrected chi connectivity index (χ3v) is 0. The second-order valence-electron chi connectivity index (χ2n) is 0.519. The molecule has 0 saturated heterocycles. The summed E-state index contributed by atoms with van der Waals surface area (Å²) in [6.45, 7) is 1.08. The van der Waals surface area contributed by atoms with Crippen molar-refractivity contribution in [2.24, 2.45) is 0 Å². The van der Waals surface area contributed by atoms with Gasteiger partial charge in [-0.3, -0.25) is 4.79 Å². The van der Waals surface area contributed by atoms with E-state index >= 15 is 0 Å². The maximum absolute atomic E-state index is 9.00. The molecule has 0 aromatic heterocycles.